The number of carboxylic acid groups (broad SMARTS) is 1. The number of hydrogen-bond donors (Lipinski definition) is 1. The number of carboxylic acids is 1. The second-order valence-electron chi connectivity index (χ2n) is 5.04. The first-order valence-corrected chi connectivity index (χ1v) is 6.68. The van der Waals surface area contributed by atoms with Crippen LogP contribution in [0.1, 0.15) is 69.2 Å². The number of aromatic carboxylic acids is 1. The predicted octanol–water partition coefficient (Wildman–Crippen LogP) is 2.93. The Labute approximate surface area is 108 Å². The van der Waals surface area contributed by atoms with E-state index in [0.717, 1.165) is 31.4 Å². The Balaban J connectivity index is 3.06. The van der Waals surface area contributed by atoms with E-state index < -0.39 is 5.97 Å². The zero-order valence-corrected chi connectivity index (χ0v) is 11.7. The highest BCUT2D eigenvalue weighted by atomic mass is 16.4. The molecular weight excluding hydrogens is 230 g/mol. The Bertz CT molecular complexity index is 395. The molecule has 1 N–H and O–H groups in total. The highest BCUT2D eigenvalue weighted by Gasteiger charge is 2.22. The minimum atomic E-state index is -0.981. The second kappa shape index (κ2) is 6.52. The van der Waals surface area contributed by atoms with Crippen molar-refractivity contribution in [1.82, 2.24) is 15.0 Å². The first-order chi connectivity index (χ1) is 8.51. The quantitative estimate of drug-likeness (QED) is 0.811. The van der Waals surface area contributed by atoms with E-state index in [2.05, 4.69) is 38.0 Å². The lowest BCUT2D eigenvalue weighted by molar-refractivity contribution is 0.0689. The van der Waals surface area contributed by atoms with E-state index >= 15 is 0 Å². The number of hydrogen-bond acceptors (Lipinski definition) is 3. The molecule has 102 valence electrons. The van der Waals surface area contributed by atoms with E-state index in [1.54, 1.807) is 0 Å². The minimum Gasteiger partial charge on any atom is -0.476 e. The smallest absolute Gasteiger partial charge is 0.358 e. The minimum absolute atomic E-state index is 0.113. The van der Waals surface area contributed by atoms with Crippen LogP contribution >= 0.6 is 0 Å². The standard InChI is InChI=1S/C13H23N3O2/c1-5-10(6-2)16-11(8-7-9(3)4)12(13(17)18)14-15-16/h9-10H,5-8H2,1-4H3,(H,17,18). The van der Waals surface area contributed by atoms with Gasteiger partial charge in [-0.05, 0) is 31.6 Å². The van der Waals surface area contributed by atoms with Crippen molar-refractivity contribution in [2.45, 2.75) is 59.4 Å². The summed E-state index contributed by atoms with van der Waals surface area (Å²) >= 11 is 0. The Morgan fingerprint density at radius 3 is 2.39 bits per heavy atom. The molecule has 1 aromatic rings. The third-order valence-electron chi connectivity index (χ3n) is 3.24. The first kappa shape index (κ1) is 14.7. The van der Waals surface area contributed by atoms with Crippen molar-refractivity contribution in [2.75, 3.05) is 0 Å². The molecule has 0 unspecified atom stereocenters. The Morgan fingerprint density at radius 1 is 1.33 bits per heavy atom. The molecule has 0 aliphatic heterocycles. The number of rotatable bonds is 7. The number of aromatic nitrogens is 3. The zero-order chi connectivity index (χ0) is 13.7. The van der Waals surface area contributed by atoms with Gasteiger partial charge < -0.3 is 5.11 Å². The summed E-state index contributed by atoms with van der Waals surface area (Å²) in [5.74, 6) is -0.442. The highest BCUT2D eigenvalue weighted by Crippen LogP contribution is 2.20. The van der Waals surface area contributed by atoms with Gasteiger partial charge in [-0.25, -0.2) is 9.48 Å². The molecule has 18 heavy (non-hydrogen) atoms. The van der Waals surface area contributed by atoms with Gasteiger partial charge in [-0.1, -0.05) is 32.9 Å². The second-order valence-corrected chi connectivity index (χ2v) is 5.04. The van der Waals surface area contributed by atoms with Crippen molar-refractivity contribution in [2.24, 2.45) is 5.92 Å². The van der Waals surface area contributed by atoms with Crippen molar-refractivity contribution in [1.29, 1.82) is 0 Å². The maximum absolute atomic E-state index is 11.2. The van der Waals surface area contributed by atoms with E-state index in [4.69, 9.17) is 5.11 Å². The predicted molar refractivity (Wildman–Crippen MR) is 69.8 cm³/mol. The fourth-order valence-electron chi connectivity index (χ4n) is 2.07. The van der Waals surface area contributed by atoms with Gasteiger partial charge in [-0.3, -0.25) is 0 Å². The molecule has 0 spiro atoms. The van der Waals surface area contributed by atoms with Gasteiger partial charge >= 0.3 is 5.97 Å². The molecule has 0 radical (unpaired) electrons. The molecule has 0 aromatic carbocycles. The number of carbonyl (C=O) groups is 1. The maximum Gasteiger partial charge on any atom is 0.358 e. The summed E-state index contributed by atoms with van der Waals surface area (Å²) < 4.78 is 1.81. The van der Waals surface area contributed by atoms with Gasteiger partial charge in [0.05, 0.1) is 11.7 Å². The van der Waals surface area contributed by atoms with Crippen LogP contribution in [0.5, 0.6) is 0 Å². The zero-order valence-electron chi connectivity index (χ0n) is 11.7. The lowest BCUT2D eigenvalue weighted by atomic mass is 10.0. The van der Waals surface area contributed by atoms with Gasteiger partial charge in [0.25, 0.3) is 0 Å². The normalized spacial score (nSPS) is 11.4. The largest absolute Gasteiger partial charge is 0.476 e. The SMILES string of the molecule is CCC(CC)n1nnc(C(=O)O)c1CCC(C)C. The third kappa shape index (κ3) is 3.31. The molecule has 0 atom stereocenters. The monoisotopic (exact) mass is 253 g/mol. The molecule has 0 amide bonds. The van der Waals surface area contributed by atoms with Crippen molar-refractivity contribution >= 4 is 5.97 Å². The van der Waals surface area contributed by atoms with Crippen LogP contribution in [-0.4, -0.2) is 26.1 Å². The van der Waals surface area contributed by atoms with Crippen LogP contribution < -0.4 is 0 Å². The molecule has 5 heteroatoms. The molecule has 0 aliphatic carbocycles. The van der Waals surface area contributed by atoms with Crippen LogP contribution in [0.15, 0.2) is 0 Å². The Kier molecular flexibility index (Phi) is 5.31. The van der Waals surface area contributed by atoms with Crippen LogP contribution in [0.4, 0.5) is 0 Å². The summed E-state index contributed by atoms with van der Waals surface area (Å²) in [5.41, 5.74) is 0.882. The van der Waals surface area contributed by atoms with Crippen molar-refractivity contribution in [3.63, 3.8) is 0 Å². The molecule has 0 saturated carbocycles. The molecule has 0 saturated heterocycles. The van der Waals surface area contributed by atoms with E-state index in [1.165, 1.54) is 0 Å². The summed E-state index contributed by atoms with van der Waals surface area (Å²) in [6.45, 7) is 8.43. The molecule has 1 aromatic heterocycles. The maximum atomic E-state index is 11.2. The van der Waals surface area contributed by atoms with Gasteiger partial charge in [0.15, 0.2) is 5.69 Å². The van der Waals surface area contributed by atoms with Crippen LogP contribution in [0.3, 0.4) is 0 Å². The summed E-state index contributed by atoms with van der Waals surface area (Å²) in [5, 5.41) is 17.0. The van der Waals surface area contributed by atoms with E-state index in [1.807, 2.05) is 4.68 Å². The Morgan fingerprint density at radius 2 is 1.94 bits per heavy atom. The summed E-state index contributed by atoms with van der Waals surface area (Å²) in [6.07, 6.45) is 3.55. The van der Waals surface area contributed by atoms with Crippen LogP contribution in [0.25, 0.3) is 0 Å². The topological polar surface area (TPSA) is 68.0 Å². The van der Waals surface area contributed by atoms with E-state index in [0.29, 0.717) is 5.92 Å². The number of nitrogens with zero attached hydrogens (tertiary/aromatic N) is 3. The van der Waals surface area contributed by atoms with E-state index in [9.17, 15) is 4.79 Å². The molecule has 1 heterocycles. The fourth-order valence-corrected chi connectivity index (χ4v) is 2.07. The average Bonchev–Trinajstić information content (AvgIpc) is 2.72. The van der Waals surface area contributed by atoms with Crippen LogP contribution in [0.2, 0.25) is 0 Å². The van der Waals surface area contributed by atoms with Gasteiger partial charge in [0.2, 0.25) is 0 Å². The van der Waals surface area contributed by atoms with Gasteiger partial charge in [0.1, 0.15) is 0 Å². The van der Waals surface area contributed by atoms with E-state index in [-0.39, 0.29) is 11.7 Å². The molecule has 0 fully saturated rings. The lowest BCUT2D eigenvalue weighted by Crippen LogP contribution is -2.14. The van der Waals surface area contributed by atoms with Crippen LogP contribution in [-0.2, 0) is 6.42 Å². The molecule has 5 nitrogen and oxygen atoms in total. The molecule has 0 aliphatic rings. The summed E-state index contributed by atoms with van der Waals surface area (Å²) in [7, 11) is 0. The van der Waals surface area contributed by atoms with Crippen molar-refractivity contribution < 1.29 is 9.90 Å². The van der Waals surface area contributed by atoms with Crippen molar-refractivity contribution in [3.05, 3.63) is 11.4 Å². The van der Waals surface area contributed by atoms with Crippen molar-refractivity contribution in [3.8, 4) is 0 Å². The summed E-state index contributed by atoms with van der Waals surface area (Å²) in [6, 6.07) is 0.243. The Hall–Kier alpha value is -1.39. The van der Waals surface area contributed by atoms with Gasteiger partial charge in [-0.2, -0.15) is 0 Å². The van der Waals surface area contributed by atoms with Gasteiger partial charge in [-0.15, -0.1) is 5.10 Å². The first-order valence-electron chi connectivity index (χ1n) is 6.68. The molecule has 1 rings (SSSR count). The van der Waals surface area contributed by atoms with Crippen LogP contribution in [0, 0.1) is 5.92 Å². The third-order valence-corrected chi connectivity index (χ3v) is 3.24. The average molecular weight is 253 g/mol. The van der Waals surface area contributed by atoms with Gasteiger partial charge in [0, 0.05) is 0 Å². The fraction of sp³-hybridized carbons (Fsp3) is 0.769. The highest BCUT2D eigenvalue weighted by molar-refractivity contribution is 5.86. The molecular formula is C13H23N3O2. The molecule has 0 bridgehead atoms. The lowest BCUT2D eigenvalue weighted by Gasteiger charge is -2.16. The summed E-state index contributed by atoms with van der Waals surface area (Å²) in [4.78, 5) is 11.2.